The van der Waals surface area contributed by atoms with E-state index >= 15 is 0 Å². The molecule has 31 heteroatoms. The molecule has 8 N–H and O–H groups in total. The van der Waals surface area contributed by atoms with Crippen molar-refractivity contribution < 1.29 is 97.1 Å². The van der Waals surface area contributed by atoms with Crippen LogP contribution in [0, 0.1) is 0 Å². The highest BCUT2D eigenvalue weighted by Crippen LogP contribution is 2.24. The number of primary amides is 1. The summed E-state index contributed by atoms with van der Waals surface area (Å²) in [5, 5.41) is 42.6. The molecule has 0 aromatic heterocycles. The molecule has 0 bridgehead atoms. The van der Waals surface area contributed by atoms with Gasteiger partial charge in [0.2, 0.25) is 17.7 Å². The number of aldehydes is 1. The first-order valence-electron chi connectivity index (χ1n) is 25.4. The monoisotopic (exact) mass is 1190 g/mol. The normalized spacial score (nSPS) is 14.9. The summed E-state index contributed by atoms with van der Waals surface area (Å²) < 4.78 is 0. The Morgan fingerprint density at radius 2 is 0.702 bits per heavy atom. The van der Waals surface area contributed by atoms with Crippen LogP contribution in [0.3, 0.4) is 0 Å². The first kappa shape index (κ1) is 79.8. The lowest BCUT2D eigenvalue weighted by molar-refractivity contribution is -0.193. The van der Waals surface area contributed by atoms with Crippen LogP contribution in [0.2, 0.25) is 0 Å². The molecule has 3 amide bonds. The van der Waals surface area contributed by atoms with Crippen molar-refractivity contribution in [1.82, 2.24) is 39.2 Å². The number of carbonyl (C=O) groups is 8. The Morgan fingerprint density at radius 3 is 0.917 bits per heavy atom. The molecule has 2 unspecified atom stereocenters. The van der Waals surface area contributed by atoms with Gasteiger partial charge in [0, 0.05) is 141 Å². The van der Waals surface area contributed by atoms with Gasteiger partial charge < -0.3 is 51.4 Å². The molecule has 0 radical (unpaired) electrons. The Hall–Kier alpha value is -8.40. The van der Waals surface area contributed by atoms with Crippen LogP contribution in [0.25, 0.3) is 0 Å². The van der Waals surface area contributed by atoms with Gasteiger partial charge in [0.1, 0.15) is 6.29 Å². The number of hydrogen-bond donors (Lipinski definition) is 7. The Morgan fingerprint density at radius 1 is 0.464 bits per heavy atom. The van der Waals surface area contributed by atoms with Crippen LogP contribution in [-0.2, 0) is 76.7 Å². The van der Waals surface area contributed by atoms with Gasteiger partial charge in [-0.3, -0.25) is 63.0 Å². The number of nitrogens with two attached hydrogens (primary N) is 1. The standard InChI is InChI=1S/C24H38N6O6.C24H37N5O6.4CO2.CH4/c1-27(2)20(18-3-5-19(6-4-18)26-22(32)8-7-21(25)31)15-28-9-11-29(16-23(33)34)13-14-30(12-10-28)17-24(35)36;1-26(2)21(19-5-7-20(8-6-19)25-22(31)4-3-15-30)16-27-9-11-28(17-23(32)33)13-14-29(12-10-27)18-24(34)35;4*2-1-3;/h3-6,20H,7-17H2,1-2H3,(H2,25,31)(H,26,32)(H,33,34)(H,35,36);5-8,15,21H,3-4,9-14,16-18H2,1-2H3,(H,25,31)(H,32,33)(H,34,35);;;;;1H4. The molecule has 0 saturated carbocycles. The number of benzene rings is 2. The fourth-order valence-electron chi connectivity index (χ4n) is 8.20. The van der Waals surface area contributed by atoms with Gasteiger partial charge in [-0.05, 0) is 63.6 Å². The van der Waals surface area contributed by atoms with E-state index in [2.05, 4.69) is 30.2 Å². The second-order valence-electron chi connectivity index (χ2n) is 18.6. The van der Waals surface area contributed by atoms with Gasteiger partial charge in [0.15, 0.2) is 0 Å². The lowest BCUT2D eigenvalue weighted by atomic mass is 10.0. The van der Waals surface area contributed by atoms with Gasteiger partial charge in [-0.1, -0.05) is 31.7 Å². The minimum Gasteiger partial charge on any atom is -0.480 e. The van der Waals surface area contributed by atoms with Crippen molar-refractivity contribution in [2.75, 3.05) is 157 Å². The number of carboxylic acid groups (broad SMARTS) is 4. The van der Waals surface area contributed by atoms with E-state index in [1.165, 1.54) is 0 Å². The van der Waals surface area contributed by atoms with E-state index in [1.54, 1.807) is 0 Å². The van der Waals surface area contributed by atoms with Crippen molar-refractivity contribution in [2.45, 2.75) is 45.2 Å². The predicted octanol–water partition coefficient (Wildman–Crippen LogP) is -1.82. The van der Waals surface area contributed by atoms with E-state index in [9.17, 15) is 58.8 Å². The first-order valence-corrected chi connectivity index (χ1v) is 25.4. The maximum absolute atomic E-state index is 12.0. The molecule has 2 aliphatic rings. The van der Waals surface area contributed by atoms with E-state index in [0.717, 1.165) is 17.4 Å². The van der Waals surface area contributed by atoms with E-state index in [-0.39, 0.29) is 108 Å². The molecular weight excluding hydrogens is 1110 g/mol. The van der Waals surface area contributed by atoms with Gasteiger partial charge >= 0.3 is 48.5 Å². The van der Waals surface area contributed by atoms with Gasteiger partial charge in [0.25, 0.3) is 0 Å². The van der Waals surface area contributed by atoms with Crippen LogP contribution < -0.4 is 16.4 Å². The lowest BCUT2D eigenvalue weighted by Gasteiger charge is -2.33. The number of hydrogen-bond acceptors (Lipinski definition) is 24. The molecule has 2 heterocycles. The zero-order valence-electron chi connectivity index (χ0n) is 46.9. The Bertz CT molecular complexity index is 2320. The summed E-state index contributed by atoms with van der Waals surface area (Å²) in [6, 6.07) is 15.2. The summed E-state index contributed by atoms with van der Waals surface area (Å²) in [4.78, 5) is 171. The van der Waals surface area contributed by atoms with Crippen LogP contribution in [0.4, 0.5) is 11.4 Å². The molecule has 2 fully saturated rings. The van der Waals surface area contributed by atoms with Gasteiger partial charge in [-0.25, -0.2) is 0 Å². The molecular formula is C53H79N11O20. The minimum atomic E-state index is -0.904. The van der Waals surface area contributed by atoms with Crippen LogP contribution in [0.5, 0.6) is 0 Å². The summed E-state index contributed by atoms with van der Waals surface area (Å²) in [7, 11) is 7.94. The summed E-state index contributed by atoms with van der Waals surface area (Å²) in [6.07, 6.45) is 2.09. The highest BCUT2D eigenvalue weighted by atomic mass is 16.4. The predicted molar refractivity (Wildman–Crippen MR) is 293 cm³/mol. The number of carbonyl (C=O) groups excluding carboxylic acids is 12. The summed E-state index contributed by atoms with van der Waals surface area (Å²) >= 11 is 0. The Balaban J connectivity index is -0.00000130. The first-order chi connectivity index (χ1) is 39.4. The molecule has 4 rings (SSSR count). The molecule has 2 atom stereocenters. The number of carboxylic acids is 4. The van der Waals surface area contributed by atoms with E-state index in [0.29, 0.717) is 103 Å². The maximum Gasteiger partial charge on any atom is 0.373 e. The van der Waals surface area contributed by atoms with Crippen molar-refractivity contribution in [2.24, 2.45) is 5.73 Å². The average molecular weight is 1190 g/mol. The van der Waals surface area contributed by atoms with Crippen molar-refractivity contribution in [3.05, 3.63) is 59.7 Å². The molecule has 0 aliphatic carbocycles. The SMILES string of the molecule is C.CN(C)C(CN1CCN(CC(=O)O)CCN(CC(=O)O)CC1)c1ccc(NC(=O)CCC(N)=O)cc1.CN(C)C(CN1CCN(CC(=O)O)CCN(CC(=O)O)CC1)c1ccc(NC(=O)CCC=O)cc1.O=C=O.O=C=O.O=C=O.O=C=O. The third-order valence-electron chi connectivity index (χ3n) is 12.2. The fourth-order valence-corrected chi connectivity index (χ4v) is 8.20. The summed E-state index contributed by atoms with van der Waals surface area (Å²) in [6.45, 7) is 7.99. The summed E-state index contributed by atoms with van der Waals surface area (Å²) in [5.74, 6) is -4.61. The van der Waals surface area contributed by atoms with E-state index in [4.69, 9.17) is 44.1 Å². The van der Waals surface area contributed by atoms with Crippen LogP contribution >= 0.6 is 0 Å². The quantitative estimate of drug-likeness (QED) is 0.0569. The number of nitrogens with zero attached hydrogens (tertiary/aromatic N) is 8. The van der Waals surface area contributed by atoms with Crippen molar-refractivity contribution >= 4 is 83.9 Å². The molecule has 466 valence electrons. The number of nitrogens with one attached hydrogen (secondary N) is 2. The van der Waals surface area contributed by atoms with Crippen LogP contribution in [0.15, 0.2) is 48.5 Å². The van der Waals surface area contributed by atoms with Crippen molar-refractivity contribution in [3.8, 4) is 0 Å². The van der Waals surface area contributed by atoms with E-state index < -0.39 is 29.8 Å². The number of anilines is 2. The molecule has 2 aromatic carbocycles. The number of likely N-dealkylation sites (N-methyl/N-ethyl adjacent to an activating group) is 2. The largest absolute Gasteiger partial charge is 0.480 e. The smallest absolute Gasteiger partial charge is 0.373 e. The van der Waals surface area contributed by atoms with Crippen molar-refractivity contribution in [1.29, 1.82) is 0 Å². The fraction of sp³-hybridized carbons (Fsp3) is 0.547. The van der Waals surface area contributed by atoms with Gasteiger partial charge in [-0.2, -0.15) is 38.4 Å². The maximum atomic E-state index is 12.0. The molecule has 2 aromatic rings. The highest BCUT2D eigenvalue weighted by Gasteiger charge is 2.25. The molecule has 2 saturated heterocycles. The second-order valence-corrected chi connectivity index (χ2v) is 18.6. The molecule has 0 spiro atoms. The summed E-state index contributed by atoms with van der Waals surface area (Å²) in [5.41, 5.74) is 8.49. The van der Waals surface area contributed by atoms with Gasteiger partial charge in [-0.15, -0.1) is 0 Å². The zero-order valence-corrected chi connectivity index (χ0v) is 46.9. The lowest BCUT2D eigenvalue weighted by Crippen LogP contribution is -2.42. The Kier molecular flexibility index (Phi) is 45.8. The topological polar surface area (TPSA) is 430 Å². The van der Waals surface area contributed by atoms with Crippen LogP contribution in [-0.4, -0.2) is 278 Å². The second kappa shape index (κ2) is 48.2. The van der Waals surface area contributed by atoms with Crippen molar-refractivity contribution in [3.63, 3.8) is 0 Å². The van der Waals surface area contributed by atoms with E-state index in [1.807, 2.05) is 96.3 Å². The third kappa shape index (κ3) is 39.9. The average Bonchev–Trinajstić information content (AvgIpc) is 3.76. The highest BCUT2D eigenvalue weighted by molar-refractivity contribution is 5.93. The number of rotatable bonds is 24. The number of amides is 3. The number of aliphatic carboxylic acids is 4. The Labute approximate surface area is 486 Å². The minimum absolute atomic E-state index is 0. The zero-order chi connectivity index (χ0) is 63.3. The third-order valence-corrected chi connectivity index (χ3v) is 12.2. The molecule has 84 heavy (non-hydrogen) atoms. The molecule has 2 aliphatic heterocycles. The van der Waals surface area contributed by atoms with Gasteiger partial charge in [0.05, 0.1) is 26.2 Å². The van der Waals surface area contributed by atoms with Crippen LogP contribution in [0.1, 0.15) is 56.3 Å². The molecule has 31 nitrogen and oxygen atoms in total.